The maximum Gasteiger partial charge on any atom is 0.240 e. The molecule has 0 radical (unpaired) electrons. The largest absolute Gasteiger partial charge is 0.507 e. The van der Waals surface area contributed by atoms with Crippen molar-refractivity contribution in [2.45, 2.75) is 12.8 Å². The van der Waals surface area contributed by atoms with Crippen molar-refractivity contribution in [2.24, 2.45) is 5.10 Å². The zero-order valence-corrected chi connectivity index (χ0v) is 13.8. The van der Waals surface area contributed by atoms with Crippen LogP contribution in [0.25, 0.3) is 0 Å². The van der Waals surface area contributed by atoms with Crippen molar-refractivity contribution < 1.29 is 19.1 Å². The van der Waals surface area contributed by atoms with Crippen molar-refractivity contribution in [3.8, 4) is 5.75 Å². The lowest BCUT2D eigenvalue weighted by Crippen LogP contribution is -2.20. The van der Waals surface area contributed by atoms with Crippen LogP contribution in [0, 0.1) is 5.82 Å². The van der Waals surface area contributed by atoms with E-state index in [-0.39, 0.29) is 24.5 Å². The normalized spacial score (nSPS) is 10.6. The lowest BCUT2D eigenvalue weighted by atomic mass is 10.2. The molecule has 25 heavy (non-hydrogen) atoms. The highest BCUT2D eigenvalue weighted by Crippen LogP contribution is 2.19. The van der Waals surface area contributed by atoms with E-state index >= 15 is 0 Å². The highest BCUT2D eigenvalue weighted by molar-refractivity contribution is 6.30. The molecule has 130 valence electrons. The number of amides is 2. The molecule has 0 aromatic heterocycles. The topological polar surface area (TPSA) is 90.8 Å². The van der Waals surface area contributed by atoms with Gasteiger partial charge in [-0.1, -0.05) is 11.6 Å². The first-order chi connectivity index (χ1) is 11.9. The third-order valence-corrected chi connectivity index (χ3v) is 3.32. The highest BCUT2D eigenvalue weighted by atomic mass is 35.5. The third kappa shape index (κ3) is 6.23. The number of rotatable bonds is 6. The average Bonchev–Trinajstić information content (AvgIpc) is 2.58. The predicted molar refractivity (Wildman–Crippen MR) is 93.1 cm³/mol. The molecule has 0 unspecified atom stereocenters. The first kappa shape index (κ1) is 18.4. The van der Waals surface area contributed by atoms with E-state index in [2.05, 4.69) is 15.8 Å². The number of phenolic OH excluding ortho intramolecular Hbond substituents is 1. The van der Waals surface area contributed by atoms with E-state index in [1.807, 2.05) is 0 Å². The molecule has 2 aromatic carbocycles. The molecule has 6 nitrogen and oxygen atoms in total. The zero-order chi connectivity index (χ0) is 18.2. The van der Waals surface area contributed by atoms with Crippen molar-refractivity contribution in [1.29, 1.82) is 0 Å². The molecular weight excluding hydrogens is 349 g/mol. The number of hydrogen-bond donors (Lipinski definition) is 3. The summed E-state index contributed by atoms with van der Waals surface area (Å²) in [6, 6.07) is 9.72. The number of nitrogens with zero attached hydrogens (tertiary/aromatic N) is 1. The van der Waals surface area contributed by atoms with E-state index in [1.165, 1.54) is 48.7 Å². The van der Waals surface area contributed by atoms with Gasteiger partial charge in [0.05, 0.1) is 6.21 Å². The summed E-state index contributed by atoms with van der Waals surface area (Å²) < 4.78 is 12.8. The summed E-state index contributed by atoms with van der Waals surface area (Å²) >= 11 is 5.79. The number of phenols is 1. The summed E-state index contributed by atoms with van der Waals surface area (Å²) in [6.45, 7) is 0. The summed E-state index contributed by atoms with van der Waals surface area (Å²) in [4.78, 5) is 23.4. The van der Waals surface area contributed by atoms with Crippen LogP contribution >= 0.6 is 11.6 Å². The number of halogens is 2. The lowest BCUT2D eigenvalue weighted by molar-refractivity contribution is -0.124. The SMILES string of the molecule is O=C(CCC(=O)Nc1ccc(F)cc1)N/N=C/c1cc(Cl)ccc1O. The van der Waals surface area contributed by atoms with Gasteiger partial charge in [0.1, 0.15) is 11.6 Å². The monoisotopic (exact) mass is 363 g/mol. The van der Waals surface area contributed by atoms with Crippen LogP contribution in [0.2, 0.25) is 5.02 Å². The summed E-state index contributed by atoms with van der Waals surface area (Å²) in [5, 5.41) is 16.3. The number of benzene rings is 2. The van der Waals surface area contributed by atoms with Crippen molar-refractivity contribution in [3.05, 3.63) is 58.9 Å². The standard InChI is InChI=1S/C17H15ClFN3O3/c18-12-1-6-15(23)11(9-12)10-20-22-17(25)8-7-16(24)21-14-4-2-13(19)3-5-14/h1-6,9-10,23H,7-8H2,(H,21,24)(H,22,25)/b20-10+. The van der Waals surface area contributed by atoms with Crippen LogP contribution in [0.4, 0.5) is 10.1 Å². The van der Waals surface area contributed by atoms with Crippen LogP contribution in [0.5, 0.6) is 5.75 Å². The number of carbonyl (C=O) groups excluding carboxylic acids is 2. The molecule has 0 spiro atoms. The Labute approximate surface area is 148 Å². The second-order valence-electron chi connectivity index (χ2n) is 5.05. The van der Waals surface area contributed by atoms with Crippen LogP contribution in [-0.4, -0.2) is 23.1 Å². The van der Waals surface area contributed by atoms with Crippen LogP contribution in [0.3, 0.4) is 0 Å². The van der Waals surface area contributed by atoms with Gasteiger partial charge in [-0.2, -0.15) is 5.10 Å². The molecule has 2 rings (SSSR count). The first-order valence-corrected chi connectivity index (χ1v) is 7.67. The minimum absolute atomic E-state index is 0.0268. The van der Waals surface area contributed by atoms with E-state index in [0.29, 0.717) is 16.3 Å². The van der Waals surface area contributed by atoms with Crippen LogP contribution in [0.15, 0.2) is 47.6 Å². The van der Waals surface area contributed by atoms with E-state index < -0.39 is 11.7 Å². The van der Waals surface area contributed by atoms with Crippen molar-refractivity contribution in [2.75, 3.05) is 5.32 Å². The number of carbonyl (C=O) groups is 2. The Morgan fingerprint density at radius 1 is 1.12 bits per heavy atom. The van der Waals surface area contributed by atoms with Gasteiger partial charge in [-0.15, -0.1) is 0 Å². The predicted octanol–water partition coefficient (Wildman–Crippen LogP) is 3.05. The van der Waals surface area contributed by atoms with Gasteiger partial charge in [-0.05, 0) is 42.5 Å². The molecule has 0 aliphatic rings. The van der Waals surface area contributed by atoms with E-state index in [0.717, 1.165) is 0 Å². The lowest BCUT2D eigenvalue weighted by Gasteiger charge is -2.04. The van der Waals surface area contributed by atoms with Crippen LogP contribution < -0.4 is 10.7 Å². The summed E-state index contributed by atoms with van der Waals surface area (Å²) in [5.41, 5.74) is 3.05. The fourth-order valence-corrected chi connectivity index (χ4v) is 2.02. The zero-order valence-electron chi connectivity index (χ0n) is 13.0. The average molecular weight is 364 g/mol. The van der Waals surface area contributed by atoms with Crippen molar-refractivity contribution >= 4 is 35.3 Å². The van der Waals surface area contributed by atoms with E-state index in [1.54, 1.807) is 0 Å². The number of aromatic hydroxyl groups is 1. The summed E-state index contributed by atoms with van der Waals surface area (Å²) in [7, 11) is 0. The Hall–Kier alpha value is -2.93. The van der Waals surface area contributed by atoms with E-state index in [4.69, 9.17) is 11.6 Å². The molecule has 2 aromatic rings. The maximum absolute atomic E-state index is 12.8. The Kier molecular flexibility index (Phi) is 6.47. The molecule has 0 heterocycles. The Balaban J connectivity index is 1.76. The van der Waals surface area contributed by atoms with Gasteiger partial charge in [0.15, 0.2) is 0 Å². The number of hydrogen-bond acceptors (Lipinski definition) is 4. The van der Waals surface area contributed by atoms with E-state index in [9.17, 15) is 19.1 Å². The van der Waals surface area contributed by atoms with Gasteiger partial charge in [0.25, 0.3) is 0 Å². The van der Waals surface area contributed by atoms with Gasteiger partial charge in [0, 0.05) is 29.1 Å². The summed E-state index contributed by atoms with van der Waals surface area (Å²) in [6.07, 6.45) is 1.12. The maximum atomic E-state index is 12.8. The third-order valence-electron chi connectivity index (χ3n) is 3.09. The van der Waals surface area contributed by atoms with Crippen molar-refractivity contribution in [1.82, 2.24) is 5.43 Å². The Morgan fingerprint density at radius 3 is 2.52 bits per heavy atom. The quantitative estimate of drug-likeness (QED) is 0.544. The first-order valence-electron chi connectivity index (χ1n) is 7.30. The Morgan fingerprint density at radius 2 is 1.80 bits per heavy atom. The molecule has 0 saturated carbocycles. The molecule has 0 aliphatic heterocycles. The molecule has 8 heteroatoms. The minimum atomic E-state index is -0.466. The van der Waals surface area contributed by atoms with Gasteiger partial charge in [-0.25, -0.2) is 9.82 Å². The Bertz CT molecular complexity index is 794. The van der Waals surface area contributed by atoms with Crippen LogP contribution in [-0.2, 0) is 9.59 Å². The number of nitrogens with one attached hydrogen (secondary N) is 2. The smallest absolute Gasteiger partial charge is 0.240 e. The highest BCUT2D eigenvalue weighted by Gasteiger charge is 2.07. The molecule has 2 amide bonds. The molecule has 0 fully saturated rings. The van der Waals surface area contributed by atoms with Gasteiger partial charge < -0.3 is 10.4 Å². The minimum Gasteiger partial charge on any atom is -0.507 e. The summed E-state index contributed by atoms with van der Waals surface area (Å²) in [5.74, 6) is -1.27. The van der Waals surface area contributed by atoms with Crippen LogP contribution in [0.1, 0.15) is 18.4 Å². The molecule has 3 N–H and O–H groups in total. The molecule has 0 atom stereocenters. The van der Waals surface area contributed by atoms with Gasteiger partial charge in [-0.3, -0.25) is 9.59 Å². The van der Waals surface area contributed by atoms with Gasteiger partial charge >= 0.3 is 0 Å². The molecular formula is C17H15ClFN3O3. The number of hydrazone groups is 1. The number of anilines is 1. The molecule has 0 saturated heterocycles. The fourth-order valence-electron chi connectivity index (χ4n) is 1.84. The second-order valence-corrected chi connectivity index (χ2v) is 5.49. The molecule has 0 bridgehead atoms. The second kappa shape index (κ2) is 8.79. The molecule has 0 aliphatic carbocycles. The van der Waals surface area contributed by atoms with Crippen molar-refractivity contribution in [3.63, 3.8) is 0 Å². The fraction of sp³-hybridized carbons (Fsp3) is 0.118. The van der Waals surface area contributed by atoms with Gasteiger partial charge in [0.2, 0.25) is 11.8 Å².